The average molecular weight is 403 g/mol. The topological polar surface area (TPSA) is 65.6 Å². The summed E-state index contributed by atoms with van der Waals surface area (Å²) in [4.78, 5) is 33.2. The number of aryl methyl sites for hydroxylation is 1. The van der Waals surface area contributed by atoms with Crippen molar-refractivity contribution >= 4 is 28.4 Å². The monoisotopic (exact) mass is 403 g/mol. The van der Waals surface area contributed by atoms with Crippen molar-refractivity contribution in [1.82, 2.24) is 9.88 Å². The Hall–Kier alpha value is -3.28. The first-order chi connectivity index (χ1) is 14.5. The predicted molar refractivity (Wildman–Crippen MR) is 116 cm³/mol. The average Bonchev–Trinajstić information content (AvgIpc) is 3.33. The minimum Gasteiger partial charge on any atom is -0.495 e. The number of benzene rings is 2. The quantitative estimate of drug-likeness (QED) is 0.729. The number of carbonyl (C=O) groups is 2. The van der Waals surface area contributed by atoms with Crippen LogP contribution >= 0.6 is 0 Å². The minimum atomic E-state index is -0.325. The van der Waals surface area contributed by atoms with Crippen LogP contribution in [0.15, 0.2) is 42.5 Å². The van der Waals surface area contributed by atoms with Gasteiger partial charge in [-0.2, -0.15) is 0 Å². The second kappa shape index (κ2) is 7.20. The third kappa shape index (κ3) is 3.03. The van der Waals surface area contributed by atoms with Crippen LogP contribution in [-0.2, 0) is 22.6 Å². The van der Waals surface area contributed by atoms with Crippen molar-refractivity contribution in [3.8, 4) is 5.75 Å². The summed E-state index contributed by atoms with van der Waals surface area (Å²) >= 11 is 0. The maximum absolute atomic E-state index is 13.3. The van der Waals surface area contributed by atoms with Crippen LogP contribution in [0, 0.1) is 12.8 Å². The molecule has 3 heterocycles. The molecule has 3 aromatic rings. The lowest BCUT2D eigenvalue weighted by Crippen LogP contribution is -2.40. The predicted octanol–water partition coefficient (Wildman–Crippen LogP) is 3.42. The highest BCUT2D eigenvalue weighted by Gasteiger charge is 2.39. The second-order valence-corrected chi connectivity index (χ2v) is 8.22. The molecule has 30 heavy (non-hydrogen) atoms. The first kappa shape index (κ1) is 18.7. The first-order valence-electron chi connectivity index (χ1n) is 10.4. The molecule has 1 atom stereocenters. The fourth-order valence-corrected chi connectivity index (χ4v) is 4.73. The number of hydrogen-bond donors (Lipinski definition) is 1. The molecule has 0 bridgehead atoms. The zero-order valence-electron chi connectivity index (χ0n) is 17.3. The van der Waals surface area contributed by atoms with E-state index in [2.05, 4.69) is 17.1 Å². The normalized spacial score (nSPS) is 18.7. The van der Waals surface area contributed by atoms with Gasteiger partial charge in [0.1, 0.15) is 5.75 Å². The van der Waals surface area contributed by atoms with Gasteiger partial charge in [0.25, 0.3) is 0 Å². The number of nitrogens with one attached hydrogen (secondary N) is 1. The molecule has 2 aliphatic rings. The van der Waals surface area contributed by atoms with E-state index in [1.54, 1.807) is 12.0 Å². The molecule has 1 aromatic heterocycles. The molecular weight excluding hydrogens is 378 g/mol. The number of amides is 2. The number of hydrogen-bond acceptors (Lipinski definition) is 3. The third-order valence-electron chi connectivity index (χ3n) is 6.29. The number of anilines is 1. The Bertz CT molecular complexity index is 1150. The summed E-state index contributed by atoms with van der Waals surface area (Å²) < 4.78 is 5.45. The Kier molecular flexibility index (Phi) is 4.50. The smallest absolute Gasteiger partial charge is 0.228 e. The molecule has 2 aliphatic heterocycles. The van der Waals surface area contributed by atoms with E-state index in [0.717, 1.165) is 23.2 Å². The van der Waals surface area contributed by atoms with E-state index in [9.17, 15) is 9.59 Å². The number of aromatic amines is 1. The van der Waals surface area contributed by atoms with Gasteiger partial charge in [-0.15, -0.1) is 0 Å². The highest BCUT2D eigenvalue weighted by molar-refractivity contribution is 6.01. The number of ether oxygens (including phenoxy) is 1. The van der Waals surface area contributed by atoms with Gasteiger partial charge in [0.15, 0.2) is 0 Å². The first-order valence-corrected chi connectivity index (χ1v) is 10.4. The van der Waals surface area contributed by atoms with Crippen molar-refractivity contribution in [2.24, 2.45) is 5.92 Å². The van der Waals surface area contributed by atoms with Crippen LogP contribution in [0.1, 0.15) is 23.2 Å². The lowest BCUT2D eigenvalue weighted by molar-refractivity contribution is -0.136. The van der Waals surface area contributed by atoms with Crippen molar-refractivity contribution in [2.45, 2.75) is 26.3 Å². The number of aromatic nitrogens is 1. The van der Waals surface area contributed by atoms with Gasteiger partial charge in [-0.25, -0.2) is 0 Å². The Morgan fingerprint density at radius 2 is 2.03 bits per heavy atom. The molecule has 5 rings (SSSR count). The number of rotatable bonds is 3. The zero-order chi connectivity index (χ0) is 20.8. The lowest BCUT2D eigenvalue weighted by atomic mass is 10.0. The fourth-order valence-electron chi connectivity index (χ4n) is 4.73. The van der Waals surface area contributed by atoms with E-state index in [-0.39, 0.29) is 24.2 Å². The molecule has 2 aromatic carbocycles. The van der Waals surface area contributed by atoms with Gasteiger partial charge >= 0.3 is 0 Å². The number of H-pyrrole nitrogens is 1. The lowest BCUT2D eigenvalue weighted by Gasteiger charge is -2.29. The van der Waals surface area contributed by atoms with Crippen LogP contribution in [-0.4, -0.2) is 41.9 Å². The van der Waals surface area contributed by atoms with Crippen molar-refractivity contribution in [1.29, 1.82) is 0 Å². The molecule has 0 saturated carbocycles. The molecule has 0 radical (unpaired) electrons. The highest BCUT2D eigenvalue weighted by atomic mass is 16.5. The summed E-state index contributed by atoms with van der Waals surface area (Å²) in [7, 11) is 1.60. The Morgan fingerprint density at radius 1 is 1.20 bits per heavy atom. The summed E-state index contributed by atoms with van der Waals surface area (Å²) in [5, 5.41) is 1.18. The molecule has 0 aliphatic carbocycles. The molecule has 1 unspecified atom stereocenters. The Labute approximate surface area is 175 Å². The SMILES string of the molecule is COc1ccc(C)cc1N1CC(C(=O)N2CCc3[nH]c4ccccc4c3C2)CC1=O. The van der Waals surface area contributed by atoms with E-state index in [0.29, 0.717) is 25.4 Å². The number of carbonyl (C=O) groups excluding carboxylic acids is 2. The maximum atomic E-state index is 13.3. The number of para-hydroxylation sites is 1. The number of nitrogens with zero attached hydrogens (tertiary/aromatic N) is 2. The molecule has 0 spiro atoms. The molecule has 6 nitrogen and oxygen atoms in total. The van der Waals surface area contributed by atoms with E-state index in [1.165, 1.54) is 16.6 Å². The zero-order valence-corrected chi connectivity index (χ0v) is 17.3. The molecular formula is C24H25N3O3. The fraction of sp³-hybridized carbons (Fsp3) is 0.333. The molecule has 1 N–H and O–H groups in total. The van der Waals surface area contributed by atoms with Gasteiger partial charge in [-0.1, -0.05) is 24.3 Å². The van der Waals surface area contributed by atoms with Gasteiger partial charge in [-0.3, -0.25) is 9.59 Å². The summed E-state index contributed by atoms with van der Waals surface area (Å²) in [6.07, 6.45) is 1.05. The van der Waals surface area contributed by atoms with Gasteiger partial charge in [0.05, 0.1) is 18.7 Å². The largest absolute Gasteiger partial charge is 0.495 e. The van der Waals surface area contributed by atoms with Gasteiger partial charge in [0.2, 0.25) is 11.8 Å². The van der Waals surface area contributed by atoms with Crippen LogP contribution in [0.25, 0.3) is 10.9 Å². The van der Waals surface area contributed by atoms with Crippen LogP contribution in [0.3, 0.4) is 0 Å². The minimum absolute atomic E-state index is 0.0259. The van der Waals surface area contributed by atoms with Crippen LogP contribution in [0.4, 0.5) is 5.69 Å². The standard InChI is InChI=1S/C24H25N3O3/c1-15-7-8-22(30-2)21(11-15)27-13-16(12-23(27)28)24(29)26-10-9-20-18(14-26)17-5-3-4-6-19(17)25-20/h3-8,11,16,25H,9-10,12-14H2,1-2H3. The Balaban J connectivity index is 1.37. The van der Waals surface area contributed by atoms with Crippen LogP contribution in [0.2, 0.25) is 0 Å². The van der Waals surface area contributed by atoms with Crippen molar-refractivity contribution in [3.05, 3.63) is 59.3 Å². The van der Waals surface area contributed by atoms with E-state index in [1.807, 2.05) is 42.2 Å². The van der Waals surface area contributed by atoms with Gasteiger partial charge in [-0.05, 0) is 30.7 Å². The highest BCUT2D eigenvalue weighted by Crippen LogP contribution is 2.35. The van der Waals surface area contributed by atoms with E-state index in [4.69, 9.17) is 4.74 Å². The van der Waals surface area contributed by atoms with Crippen molar-refractivity contribution < 1.29 is 14.3 Å². The van der Waals surface area contributed by atoms with E-state index < -0.39 is 0 Å². The Morgan fingerprint density at radius 3 is 2.87 bits per heavy atom. The van der Waals surface area contributed by atoms with E-state index >= 15 is 0 Å². The third-order valence-corrected chi connectivity index (χ3v) is 6.29. The van der Waals surface area contributed by atoms with Crippen molar-refractivity contribution in [2.75, 3.05) is 25.1 Å². The second-order valence-electron chi connectivity index (χ2n) is 8.22. The van der Waals surface area contributed by atoms with Gasteiger partial charge in [0, 0.05) is 54.6 Å². The van der Waals surface area contributed by atoms with Crippen molar-refractivity contribution in [3.63, 3.8) is 0 Å². The molecule has 1 saturated heterocycles. The number of methoxy groups -OCH3 is 1. The summed E-state index contributed by atoms with van der Waals surface area (Å²) in [5.41, 5.74) is 5.33. The van der Waals surface area contributed by atoms with Crippen LogP contribution < -0.4 is 9.64 Å². The molecule has 1 fully saturated rings. The molecule has 154 valence electrons. The summed E-state index contributed by atoms with van der Waals surface area (Å²) in [6, 6.07) is 14.0. The number of fused-ring (bicyclic) bond motifs is 3. The summed E-state index contributed by atoms with van der Waals surface area (Å²) in [5.74, 6) is 0.369. The summed E-state index contributed by atoms with van der Waals surface area (Å²) in [6.45, 7) is 3.65. The molecule has 2 amide bonds. The van der Waals surface area contributed by atoms with Crippen LogP contribution in [0.5, 0.6) is 5.75 Å². The molecule has 6 heteroatoms. The maximum Gasteiger partial charge on any atom is 0.228 e. The van der Waals surface area contributed by atoms with Gasteiger partial charge < -0.3 is 19.5 Å².